The Morgan fingerprint density at radius 3 is 2.48 bits per heavy atom. The Labute approximate surface area is 129 Å². The molecule has 0 heterocycles. The van der Waals surface area contributed by atoms with E-state index in [4.69, 9.17) is 10.5 Å². The highest BCUT2D eigenvalue weighted by atomic mass is 16.5. The number of hydrogen-bond acceptors (Lipinski definition) is 2. The van der Waals surface area contributed by atoms with Crippen molar-refractivity contribution < 1.29 is 4.74 Å². The van der Waals surface area contributed by atoms with E-state index in [1.807, 2.05) is 0 Å². The van der Waals surface area contributed by atoms with Gasteiger partial charge in [0, 0.05) is 25.8 Å². The zero-order chi connectivity index (χ0) is 15.0. The normalized spacial score (nSPS) is 23.4. The van der Waals surface area contributed by atoms with E-state index in [2.05, 4.69) is 17.2 Å². The lowest BCUT2D eigenvalue weighted by Gasteiger charge is -2.40. The molecule has 4 heteroatoms. The highest BCUT2D eigenvalue weighted by molar-refractivity contribution is 5.78. The van der Waals surface area contributed by atoms with E-state index in [0.29, 0.717) is 17.4 Å². The van der Waals surface area contributed by atoms with Gasteiger partial charge in [0.05, 0.1) is 0 Å². The van der Waals surface area contributed by atoms with Gasteiger partial charge in [0.15, 0.2) is 5.96 Å². The SMILES string of the molecule is CCOCCC1(CN=C(N)NC2CCCCCC2)CCC1. The van der Waals surface area contributed by atoms with Crippen LogP contribution in [0.25, 0.3) is 0 Å². The summed E-state index contributed by atoms with van der Waals surface area (Å²) < 4.78 is 5.51. The largest absolute Gasteiger partial charge is 0.382 e. The molecule has 2 aliphatic rings. The molecule has 4 nitrogen and oxygen atoms in total. The van der Waals surface area contributed by atoms with Gasteiger partial charge in [-0.2, -0.15) is 0 Å². The predicted octanol–water partition coefficient (Wildman–Crippen LogP) is 3.21. The van der Waals surface area contributed by atoms with Crippen LogP contribution in [0.15, 0.2) is 4.99 Å². The van der Waals surface area contributed by atoms with Crippen LogP contribution in [0.2, 0.25) is 0 Å². The molecule has 0 saturated heterocycles. The molecular formula is C17H33N3O. The van der Waals surface area contributed by atoms with Crippen molar-refractivity contribution in [1.82, 2.24) is 5.32 Å². The van der Waals surface area contributed by atoms with Crippen molar-refractivity contribution in [2.45, 2.75) is 77.2 Å². The number of ether oxygens (including phenoxy) is 1. The van der Waals surface area contributed by atoms with E-state index in [1.165, 1.54) is 57.8 Å². The molecule has 0 bridgehead atoms. The minimum absolute atomic E-state index is 0.366. The van der Waals surface area contributed by atoms with Crippen molar-refractivity contribution in [2.75, 3.05) is 19.8 Å². The van der Waals surface area contributed by atoms with Crippen LogP contribution in [-0.2, 0) is 4.74 Å². The highest BCUT2D eigenvalue weighted by Crippen LogP contribution is 2.44. The standard InChI is InChI=1S/C17H33N3O/c1-2-21-13-12-17(10-7-11-17)14-19-16(18)20-15-8-5-3-4-6-9-15/h15H,2-14H2,1H3,(H3,18,19,20). The van der Waals surface area contributed by atoms with Crippen LogP contribution in [0.4, 0.5) is 0 Å². The number of nitrogens with zero attached hydrogens (tertiary/aromatic N) is 1. The molecule has 122 valence electrons. The summed E-state index contributed by atoms with van der Waals surface area (Å²) in [6, 6.07) is 0.539. The highest BCUT2D eigenvalue weighted by Gasteiger charge is 2.36. The molecule has 0 atom stereocenters. The Morgan fingerprint density at radius 2 is 1.90 bits per heavy atom. The van der Waals surface area contributed by atoms with Gasteiger partial charge in [0.2, 0.25) is 0 Å². The molecule has 0 spiro atoms. The minimum atomic E-state index is 0.366. The molecular weight excluding hydrogens is 262 g/mol. The Balaban J connectivity index is 1.75. The molecule has 0 aliphatic heterocycles. The lowest BCUT2D eigenvalue weighted by Crippen LogP contribution is -2.41. The maximum atomic E-state index is 6.10. The van der Waals surface area contributed by atoms with E-state index in [1.54, 1.807) is 0 Å². The average molecular weight is 295 g/mol. The van der Waals surface area contributed by atoms with Gasteiger partial charge in [-0.25, -0.2) is 0 Å². The number of guanidine groups is 1. The number of rotatable bonds is 7. The zero-order valence-electron chi connectivity index (χ0n) is 13.7. The fraction of sp³-hybridized carbons (Fsp3) is 0.941. The quantitative estimate of drug-likeness (QED) is 0.328. The van der Waals surface area contributed by atoms with Gasteiger partial charge in [-0.15, -0.1) is 0 Å². The number of aliphatic imine (C=N–C) groups is 1. The molecule has 0 unspecified atom stereocenters. The lowest BCUT2D eigenvalue weighted by atomic mass is 9.67. The first-order valence-electron chi connectivity index (χ1n) is 8.88. The van der Waals surface area contributed by atoms with Crippen molar-refractivity contribution in [2.24, 2.45) is 16.1 Å². The van der Waals surface area contributed by atoms with Gasteiger partial charge in [0.25, 0.3) is 0 Å². The lowest BCUT2D eigenvalue weighted by molar-refractivity contribution is 0.0609. The van der Waals surface area contributed by atoms with Crippen molar-refractivity contribution in [3.63, 3.8) is 0 Å². The summed E-state index contributed by atoms with van der Waals surface area (Å²) in [5.41, 5.74) is 6.47. The molecule has 0 radical (unpaired) electrons. The molecule has 2 rings (SSSR count). The number of hydrogen-bond donors (Lipinski definition) is 2. The maximum Gasteiger partial charge on any atom is 0.188 e. The van der Waals surface area contributed by atoms with Gasteiger partial charge in [-0.3, -0.25) is 4.99 Å². The summed E-state index contributed by atoms with van der Waals surface area (Å²) in [6.45, 7) is 4.60. The van der Waals surface area contributed by atoms with Crippen molar-refractivity contribution >= 4 is 5.96 Å². The van der Waals surface area contributed by atoms with Crippen LogP contribution >= 0.6 is 0 Å². The zero-order valence-corrected chi connectivity index (χ0v) is 13.7. The van der Waals surface area contributed by atoms with Crippen LogP contribution in [0.3, 0.4) is 0 Å². The van der Waals surface area contributed by atoms with Gasteiger partial charge in [-0.1, -0.05) is 32.1 Å². The summed E-state index contributed by atoms with van der Waals surface area (Å²) in [4.78, 5) is 4.65. The first-order valence-corrected chi connectivity index (χ1v) is 8.88. The van der Waals surface area contributed by atoms with Crippen LogP contribution in [-0.4, -0.2) is 31.8 Å². The fourth-order valence-electron chi connectivity index (χ4n) is 3.53. The van der Waals surface area contributed by atoms with Gasteiger partial charge >= 0.3 is 0 Å². The van der Waals surface area contributed by atoms with E-state index in [9.17, 15) is 0 Å². The van der Waals surface area contributed by atoms with Crippen LogP contribution in [0, 0.1) is 5.41 Å². The monoisotopic (exact) mass is 295 g/mol. The van der Waals surface area contributed by atoms with E-state index < -0.39 is 0 Å². The Morgan fingerprint density at radius 1 is 1.19 bits per heavy atom. The van der Waals surface area contributed by atoms with Gasteiger partial charge < -0.3 is 15.8 Å². The average Bonchev–Trinajstić information content (AvgIpc) is 2.69. The first-order chi connectivity index (χ1) is 10.2. The Kier molecular flexibility index (Phi) is 6.81. The van der Waals surface area contributed by atoms with Crippen molar-refractivity contribution in [3.8, 4) is 0 Å². The minimum Gasteiger partial charge on any atom is -0.382 e. The molecule has 2 fully saturated rings. The van der Waals surface area contributed by atoms with Gasteiger partial charge in [0.1, 0.15) is 0 Å². The fourth-order valence-corrected chi connectivity index (χ4v) is 3.53. The Bertz CT molecular complexity index is 318. The van der Waals surface area contributed by atoms with Crippen molar-refractivity contribution in [1.29, 1.82) is 0 Å². The van der Waals surface area contributed by atoms with E-state index >= 15 is 0 Å². The molecule has 0 aromatic heterocycles. The third-order valence-corrected chi connectivity index (χ3v) is 5.19. The second-order valence-electron chi connectivity index (χ2n) is 6.83. The molecule has 2 aliphatic carbocycles. The third-order valence-electron chi connectivity index (χ3n) is 5.19. The van der Waals surface area contributed by atoms with Crippen molar-refractivity contribution in [3.05, 3.63) is 0 Å². The number of nitrogens with two attached hydrogens (primary N) is 1. The van der Waals surface area contributed by atoms with E-state index in [0.717, 1.165) is 26.2 Å². The van der Waals surface area contributed by atoms with Crippen LogP contribution in [0.5, 0.6) is 0 Å². The molecule has 0 aromatic carbocycles. The topological polar surface area (TPSA) is 59.6 Å². The summed E-state index contributed by atoms with van der Waals surface area (Å²) in [5.74, 6) is 0.657. The summed E-state index contributed by atoms with van der Waals surface area (Å²) in [6.07, 6.45) is 12.9. The first kappa shape index (κ1) is 16.6. The van der Waals surface area contributed by atoms with Crippen LogP contribution < -0.4 is 11.1 Å². The van der Waals surface area contributed by atoms with Gasteiger partial charge in [-0.05, 0) is 44.4 Å². The Hall–Kier alpha value is -0.770. The molecule has 0 amide bonds. The molecule has 3 N–H and O–H groups in total. The summed E-state index contributed by atoms with van der Waals surface area (Å²) >= 11 is 0. The maximum absolute atomic E-state index is 6.10. The third kappa shape index (κ3) is 5.50. The molecule has 0 aromatic rings. The summed E-state index contributed by atoms with van der Waals surface area (Å²) in [7, 11) is 0. The second-order valence-corrected chi connectivity index (χ2v) is 6.83. The number of nitrogens with one attached hydrogen (secondary N) is 1. The van der Waals surface area contributed by atoms with E-state index in [-0.39, 0.29) is 0 Å². The molecule has 21 heavy (non-hydrogen) atoms. The second kappa shape index (κ2) is 8.62. The molecule has 2 saturated carbocycles. The smallest absolute Gasteiger partial charge is 0.188 e. The summed E-state index contributed by atoms with van der Waals surface area (Å²) in [5, 5.41) is 3.44. The van der Waals surface area contributed by atoms with Crippen LogP contribution in [0.1, 0.15) is 71.1 Å². The predicted molar refractivity (Wildman–Crippen MR) is 88.5 cm³/mol.